The second-order valence-electron chi connectivity index (χ2n) is 5.54. The van der Waals surface area contributed by atoms with Gasteiger partial charge in [0.25, 0.3) is 0 Å². The molecule has 5 nitrogen and oxygen atoms in total. The minimum absolute atomic E-state index is 0.123. The van der Waals surface area contributed by atoms with Gasteiger partial charge in [-0.3, -0.25) is 9.59 Å². The van der Waals surface area contributed by atoms with E-state index in [0.717, 1.165) is 6.42 Å². The Balaban J connectivity index is 3.15. The fourth-order valence-electron chi connectivity index (χ4n) is 1.92. The van der Waals surface area contributed by atoms with Gasteiger partial charge >= 0.3 is 5.97 Å². The third-order valence-electron chi connectivity index (χ3n) is 3.71. The van der Waals surface area contributed by atoms with Crippen LogP contribution in [0.1, 0.15) is 50.4 Å². The Morgan fingerprint density at radius 1 is 1.36 bits per heavy atom. The molecular formula is C16H22ClNO4. The van der Waals surface area contributed by atoms with Crippen LogP contribution < -0.4 is 10.5 Å². The molecule has 0 unspecified atom stereocenters. The van der Waals surface area contributed by atoms with Crippen LogP contribution in [0.3, 0.4) is 0 Å². The van der Waals surface area contributed by atoms with E-state index < -0.39 is 11.4 Å². The number of hydrogen-bond acceptors (Lipinski definition) is 4. The van der Waals surface area contributed by atoms with Crippen LogP contribution in [0.2, 0.25) is 5.02 Å². The average molecular weight is 328 g/mol. The molecule has 0 aromatic heterocycles. The second-order valence-corrected chi connectivity index (χ2v) is 5.94. The van der Waals surface area contributed by atoms with Gasteiger partial charge in [0.1, 0.15) is 5.75 Å². The molecule has 0 aliphatic rings. The van der Waals surface area contributed by atoms with E-state index in [1.807, 2.05) is 6.92 Å². The van der Waals surface area contributed by atoms with E-state index >= 15 is 0 Å². The van der Waals surface area contributed by atoms with Crippen LogP contribution in [-0.4, -0.2) is 23.5 Å². The van der Waals surface area contributed by atoms with Crippen molar-refractivity contribution < 1.29 is 19.4 Å². The number of ketones is 1. The van der Waals surface area contributed by atoms with Gasteiger partial charge in [-0.2, -0.15) is 0 Å². The summed E-state index contributed by atoms with van der Waals surface area (Å²) in [6, 6.07) is 2.96. The molecule has 0 heterocycles. The number of hydrogen-bond donors (Lipinski definition) is 2. The summed E-state index contributed by atoms with van der Waals surface area (Å²) in [6.07, 6.45) is 1.00. The van der Waals surface area contributed by atoms with Crippen LogP contribution in [0, 0.1) is 5.41 Å². The number of carboxylic acids is 1. The molecule has 3 N–H and O–H groups in total. The molecule has 0 aliphatic carbocycles. The Morgan fingerprint density at radius 2 is 2.00 bits per heavy atom. The predicted octanol–water partition coefficient (Wildman–Crippen LogP) is 3.78. The lowest BCUT2D eigenvalue weighted by Crippen LogP contribution is -2.29. The van der Waals surface area contributed by atoms with E-state index in [-0.39, 0.29) is 22.8 Å². The van der Waals surface area contributed by atoms with Crippen LogP contribution in [0.5, 0.6) is 5.75 Å². The summed E-state index contributed by atoms with van der Waals surface area (Å²) in [7, 11) is 0. The number of halogens is 1. The molecule has 0 saturated heterocycles. The fraction of sp³-hybridized carbons (Fsp3) is 0.500. The number of nitrogens with two attached hydrogens (primary N) is 1. The zero-order chi connectivity index (χ0) is 16.9. The van der Waals surface area contributed by atoms with Crippen LogP contribution in [-0.2, 0) is 4.79 Å². The highest BCUT2D eigenvalue weighted by molar-refractivity contribution is 6.33. The molecule has 0 fully saturated rings. The molecule has 1 aromatic rings. The number of rotatable bonds is 8. The van der Waals surface area contributed by atoms with Crippen LogP contribution in [0.15, 0.2) is 12.1 Å². The van der Waals surface area contributed by atoms with E-state index in [2.05, 4.69) is 0 Å². The van der Waals surface area contributed by atoms with Crippen LogP contribution in [0.25, 0.3) is 0 Å². The van der Waals surface area contributed by atoms with Gasteiger partial charge in [-0.15, -0.1) is 0 Å². The summed E-state index contributed by atoms with van der Waals surface area (Å²) in [5, 5.41) is 9.56. The number of nitrogen functional groups attached to an aromatic ring is 1. The molecule has 1 atom stereocenters. The van der Waals surface area contributed by atoms with E-state index in [1.54, 1.807) is 13.8 Å². The lowest BCUT2D eigenvalue weighted by Gasteiger charge is -2.22. The maximum absolute atomic E-state index is 12.5. The Morgan fingerprint density at radius 3 is 2.50 bits per heavy atom. The first-order valence-corrected chi connectivity index (χ1v) is 7.61. The zero-order valence-electron chi connectivity index (χ0n) is 13.1. The van der Waals surface area contributed by atoms with Gasteiger partial charge in [-0.25, -0.2) is 0 Å². The van der Waals surface area contributed by atoms with E-state index in [9.17, 15) is 14.7 Å². The Labute approximate surface area is 135 Å². The third-order valence-corrected chi connectivity index (χ3v) is 4.04. The normalized spacial score (nSPS) is 13.5. The minimum Gasteiger partial charge on any atom is -0.493 e. The summed E-state index contributed by atoms with van der Waals surface area (Å²) in [5.74, 6) is -0.974. The molecule has 0 spiro atoms. The van der Waals surface area contributed by atoms with Crippen molar-refractivity contribution in [3.8, 4) is 5.75 Å². The van der Waals surface area contributed by atoms with E-state index in [4.69, 9.17) is 22.1 Å². The van der Waals surface area contributed by atoms with Crippen molar-refractivity contribution in [3.05, 3.63) is 22.7 Å². The predicted molar refractivity (Wildman–Crippen MR) is 86.6 cm³/mol. The Bertz CT molecular complexity index is 574. The number of carbonyl (C=O) groups is 2. The van der Waals surface area contributed by atoms with Crippen molar-refractivity contribution in [1.29, 1.82) is 0 Å². The quantitative estimate of drug-likeness (QED) is 0.560. The Kier molecular flexibility index (Phi) is 6.23. The second kappa shape index (κ2) is 7.49. The summed E-state index contributed by atoms with van der Waals surface area (Å²) < 4.78 is 5.54. The van der Waals surface area contributed by atoms with Gasteiger partial charge in [0.15, 0.2) is 5.78 Å². The number of anilines is 1. The van der Waals surface area contributed by atoms with Crippen LogP contribution >= 0.6 is 11.6 Å². The van der Waals surface area contributed by atoms with E-state index in [0.29, 0.717) is 24.5 Å². The van der Waals surface area contributed by atoms with Crippen LogP contribution in [0.4, 0.5) is 5.69 Å². The van der Waals surface area contributed by atoms with Gasteiger partial charge in [0, 0.05) is 12.5 Å². The van der Waals surface area contributed by atoms with Gasteiger partial charge < -0.3 is 15.6 Å². The molecule has 22 heavy (non-hydrogen) atoms. The molecule has 0 bridgehead atoms. The maximum Gasteiger partial charge on any atom is 0.309 e. The summed E-state index contributed by atoms with van der Waals surface area (Å²) in [6.45, 7) is 5.68. The zero-order valence-corrected chi connectivity index (χ0v) is 13.9. The van der Waals surface area contributed by atoms with Crippen molar-refractivity contribution in [3.63, 3.8) is 0 Å². The molecule has 0 saturated carbocycles. The largest absolute Gasteiger partial charge is 0.493 e. The van der Waals surface area contributed by atoms with Gasteiger partial charge in [-0.1, -0.05) is 25.4 Å². The maximum atomic E-state index is 12.5. The number of carbonyl (C=O) groups excluding carboxylic acids is 1. The smallest absolute Gasteiger partial charge is 0.309 e. The molecule has 6 heteroatoms. The van der Waals surface area contributed by atoms with Gasteiger partial charge in [0.2, 0.25) is 0 Å². The molecular weight excluding hydrogens is 306 g/mol. The molecule has 0 aliphatic heterocycles. The first-order chi connectivity index (χ1) is 10.2. The van der Waals surface area contributed by atoms with Crippen molar-refractivity contribution >= 4 is 29.0 Å². The summed E-state index contributed by atoms with van der Waals surface area (Å²) >= 11 is 5.98. The molecule has 1 aromatic carbocycles. The lowest BCUT2D eigenvalue weighted by molar-refractivity contribution is -0.148. The van der Waals surface area contributed by atoms with Crippen molar-refractivity contribution in [2.24, 2.45) is 5.41 Å². The summed E-state index contributed by atoms with van der Waals surface area (Å²) in [5.41, 5.74) is 5.22. The molecule has 1 rings (SSSR count). The standard InChI is InChI=1S/C16H22ClNO4/c1-4-6-22-14-8-12(18)11(17)7-10(14)13(19)9-16(3,5-2)15(20)21/h7-8H,4-6,9,18H2,1-3H3,(H,20,21)/t16-/m0/s1. The van der Waals surface area contributed by atoms with E-state index in [1.165, 1.54) is 12.1 Å². The highest BCUT2D eigenvalue weighted by atomic mass is 35.5. The molecule has 0 amide bonds. The monoisotopic (exact) mass is 327 g/mol. The topological polar surface area (TPSA) is 89.6 Å². The lowest BCUT2D eigenvalue weighted by atomic mass is 9.81. The SMILES string of the molecule is CCCOc1cc(N)c(Cl)cc1C(=O)C[C@](C)(CC)C(=O)O. The minimum atomic E-state index is -1.12. The highest BCUT2D eigenvalue weighted by Gasteiger charge is 2.34. The average Bonchev–Trinajstić information content (AvgIpc) is 2.47. The van der Waals surface area contributed by atoms with Crippen molar-refractivity contribution in [2.45, 2.75) is 40.0 Å². The fourth-order valence-corrected chi connectivity index (χ4v) is 2.08. The van der Waals surface area contributed by atoms with Gasteiger partial charge in [-0.05, 0) is 25.8 Å². The first kappa shape index (κ1) is 18.3. The van der Waals surface area contributed by atoms with Crippen molar-refractivity contribution in [1.82, 2.24) is 0 Å². The number of benzene rings is 1. The number of aliphatic carboxylic acids is 1. The number of ether oxygens (including phenoxy) is 1. The number of Topliss-reactive ketones (excluding diaryl/α,β-unsaturated/α-hetero) is 1. The third kappa shape index (κ3) is 4.13. The van der Waals surface area contributed by atoms with Gasteiger partial charge in [0.05, 0.1) is 28.3 Å². The molecule has 122 valence electrons. The summed E-state index contributed by atoms with van der Waals surface area (Å²) in [4.78, 5) is 23.9. The highest BCUT2D eigenvalue weighted by Crippen LogP contribution is 2.34. The first-order valence-electron chi connectivity index (χ1n) is 7.23. The Hall–Kier alpha value is -1.75. The van der Waals surface area contributed by atoms with Crippen molar-refractivity contribution in [2.75, 3.05) is 12.3 Å². The number of carboxylic acid groups (broad SMARTS) is 1. The molecule has 0 radical (unpaired) electrons.